The molecular formula is C20H16N2O5S. The maximum absolute atomic E-state index is 12.4. The summed E-state index contributed by atoms with van der Waals surface area (Å²) in [6.45, 7) is 0.130. The van der Waals surface area contributed by atoms with Crippen LogP contribution in [-0.4, -0.2) is 40.0 Å². The Morgan fingerprint density at radius 3 is 2.71 bits per heavy atom. The predicted molar refractivity (Wildman–Crippen MR) is 106 cm³/mol. The summed E-state index contributed by atoms with van der Waals surface area (Å²) in [6.07, 6.45) is 1.44. The second-order valence-electron chi connectivity index (χ2n) is 6.01. The minimum atomic E-state index is -1.02. The molecule has 1 aliphatic heterocycles. The van der Waals surface area contributed by atoms with Gasteiger partial charge < -0.3 is 9.84 Å². The summed E-state index contributed by atoms with van der Waals surface area (Å²) in [4.78, 5) is 36.8. The molecule has 2 amide bonds. The summed E-state index contributed by atoms with van der Waals surface area (Å²) >= 11 is 4.93. The summed E-state index contributed by atoms with van der Waals surface area (Å²) < 4.78 is 5.80. The number of amides is 2. The van der Waals surface area contributed by atoms with Gasteiger partial charge in [-0.15, -0.1) is 0 Å². The first-order valence-corrected chi connectivity index (χ1v) is 8.67. The van der Waals surface area contributed by atoms with Crippen molar-refractivity contribution in [1.29, 1.82) is 0 Å². The lowest BCUT2D eigenvalue weighted by Crippen LogP contribution is -2.52. The number of ether oxygens (including phenoxy) is 1. The van der Waals surface area contributed by atoms with E-state index >= 15 is 0 Å². The second-order valence-corrected chi connectivity index (χ2v) is 6.40. The molecule has 0 spiro atoms. The van der Waals surface area contributed by atoms with Crippen LogP contribution in [0, 0.1) is 0 Å². The first-order chi connectivity index (χ1) is 13.4. The first-order valence-electron chi connectivity index (χ1n) is 8.26. The van der Waals surface area contributed by atoms with Gasteiger partial charge in [-0.3, -0.25) is 19.8 Å². The molecule has 0 saturated carbocycles. The van der Waals surface area contributed by atoms with E-state index in [1.807, 2.05) is 0 Å². The highest BCUT2D eigenvalue weighted by molar-refractivity contribution is 7.80. The van der Waals surface area contributed by atoms with Crippen molar-refractivity contribution in [2.45, 2.75) is 6.61 Å². The molecule has 2 N–H and O–H groups in total. The number of likely N-dealkylation sites (N-methyl/N-ethyl adjacent to an activating group) is 1. The highest BCUT2D eigenvalue weighted by atomic mass is 32.1. The van der Waals surface area contributed by atoms with E-state index in [-0.39, 0.29) is 22.9 Å². The number of rotatable bonds is 5. The number of para-hydroxylation sites is 1. The van der Waals surface area contributed by atoms with E-state index in [2.05, 4.69) is 5.32 Å². The molecule has 1 fully saturated rings. The zero-order valence-electron chi connectivity index (χ0n) is 14.8. The highest BCUT2D eigenvalue weighted by Crippen LogP contribution is 2.24. The second kappa shape index (κ2) is 8.01. The van der Waals surface area contributed by atoms with Crippen molar-refractivity contribution in [3.8, 4) is 5.75 Å². The molecule has 0 aliphatic carbocycles. The van der Waals surface area contributed by atoms with Crippen molar-refractivity contribution < 1.29 is 24.2 Å². The molecular weight excluding hydrogens is 380 g/mol. The van der Waals surface area contributed by atoms with Gasteiger partial charge in [-0.25, -0.2) is 4.79 Å². The van der Waals surface area contributed by atoms with Crippen molar-refractivity contribution in [1.82, 2.24) is 10.2 Å². The Bertz CT molecular complexity index is 1020. The van der Waals surface area contributed by atoms with Crippen LogP contribution < -0.4 is 10.1 Å². The van der Waals surface area contributed by atoms with Crippen molar-refractivity contribution in [2.24, 2.45) is 0 Å². The molecule has 1 saturated heterocycles. The Hall–Kier alpha value is -3.52. The molecule has 142 valence electrons. The molecule has 7 nitrogen and oxygen atoms in total. The third-order valence-electron chi connectivity index (χ3n) is 4.09. The van der Waals surface area contributed by atoms with Gasteiger partial charge in [0.2, 0.25) is 0 Å². The summed E-state index contributed by atoms with van der Waals surface area (Å²) in [7, 11) is 1.48. The van der Waals surface area contributed by atoms with Gasteiger partial charge in [-0.2, -0.15) is 0 Å². The van der Waals surface area contributed by atoms with Crippen LogP contribution in [0.2, 0.25) is 0 Å². The van der Waals surface area contributed by atoms with Gasteiger partial charge in [-0.1, -0.05) is 30.3 Å². The van der Waals surface area contributed by atoms with E-state index in [9.17, 15) is 14.4 Å². The molecule has 0 unspecified atom stereocenters. The van der Waals surface area contributed by atoms with E-state index in [0.29, 0.717) is 16.9 Å². The number of nitrogens with zero attached hydrogens (tertiary/aromatic N) is 1. The van der Waals surface area contributed by atoms with Crippen molar-refractivity contribution >= 4 is 41.2 Å². The van der Waals surface area contributed by atoms with E-state index < -0.39 is 17.8 Å². The molecule has 2 aromatic rings. The number of hydrogen-bond donors (Lipinski definition) is 2. The van der Waals surface area contributed by atoms with Crippen LogP contribution in [0.4, 0.5) is 0 Å². The van der Waals surface area contributed by atoms with Crippen molar-refractivity contribution in [3.63, 3.8) is 0 Å². The number of carbonyl (C=O) groups is 3. The maximum atomic E-state index is 12.4. The topological polar surface area (TPSA) is 95.9 Å². The highest BCUT2D eigenvalue weighted by Gasteiger charge is 2.30. The number of carboxylic acid groups (broad SMARTS) is 1. The molecule has 1 heterocycles. The summed E-state index contributed by atoms with van der Waals surface area (Å²) in [5.74, 6) is -1.64. The zero-order valence-corrected chi connectivity index (χ0v) is 15.7. The van der Waals surface area contributed by atoms with Gasteiger partial charge in [-0.05, 0) is 42.1 Å². The number of nitrogens with one attached hydrogen (secondary N) is 1. The molecule has 0 atom stereocenters. The van der Waals surface area contributed by atoms with Gasteiger partial charge in [0.05, 0.1) is 5.56 Å². The fourth-order valence-corrected chi connectivity index (χ4v) is 2.76. The summed E-state index contributed by atoms with van der Waals surface area (Å²) in [5.41, 5.74) is 1.33. The minimum Gasteiger partial charge on any atom is -0.488 e. The van der Waals surface area contributed by atoms with Crippen LogP contribution in [0.1, 0.15) is 21.5 Å². The summed E-state index contributed by atoms with van der Waals surface area (Å²) in [6, 6.07) is 13.3. The maximum Gasteiger partial charge on any atom is 0.335 e. The average Bonchev–Trinajstić information content (AvgIpc) is 2.69. The molecule has 8 heteroatoms. The van der Waals surface area contributed by atoms with Crippen LogP contribution in [0.3, 0.4) is 0 Å². The lowest BCUT2D eigenvalue weighted by atomic mass is 10.1. The van der Waals surface area contributed by atoms with Crippen LogP contribution in [0.15, 0.2) is 54.1 Å². The lowest BCUT2D eigenvalue weighted by molar-refractivity contribution is -0.128. The van der Waals surface area contributed by atoms with Gasteiger partial charge in [0.15, 0.2) is 5.11 Å². The third kappa shape index (κ3) is 4.07. The molecule has 0 bridgehead atoms. The van der Waals surface area contributed by atoms with Gasteiger partial charge in [0.1, 0.15) is 17.9 Å². The fourth-order valence-electron chi connectivity index (χ4n) is 2.59. The monoisotopic (exact) mass is 396 g/mol. The van der Waals surface area contributed by atoms with Gasteiger partial charge >= 0.3 is 5.97 Å². The minimum absolute atomic E-state index is 0.0509. The molecule has 1 aliphatic rings. The lowest BCUT2D eigenvalue weighted by Gasteiger charge is -2.25. The Kier molecular flexibility index (Phi) is 5.51. The van der Waals surface area contributed by atoms with Crippen LogP contribution in [-0.2, 0) is 16.2 Å². The number of hydrogen-bond acceptors (Lipinski definition) is 5. The Balaban J connectivity index is 1.85. The Morgan fingerprint density at radius 2 is 1.96 bits per heavy atom. The Labute approximate surface area is 166 Å². The van der Waals surface area contributed by atoms with Crippen LogP contribution in [0.25, 0.3) is 6.08 Å². The fraction of sp³-hybridized carbons (Fsp3) is 0.100. The summed E-state index contributed by atoms with van der Waals surface area (Å²) in [5, 5.41) is 11.6. The molecule has 0 radical (unpaired) electrons. The molecule has 2 aromatic carbocycles. The van der Waals surface area contributed by atoms with E-state index in [4.69, 9.17) is 22.1 Å². The van der Waals surface area contributed by atoms with Gasteiger partial charge in [0.25, 0.3) is 11.8 Å². The number of benzene rings is 2. The number of aromatic carboxylic acids is 1. The number of carboxylic acids is 1. The largest absolute Gasteiger partial charge is 0.488 e. The molecule has 0 aromatic heterocycles. The average molecular weight is 396 g/mol. The first kappa shape index (κ1) is 19.2. The quantitative estimate of drug-likeness (QED) is 0.457. The third-order valence-corrected chi connectivity index (χ3v) is 4.47. The van der Waals surface area contributed by atoms with E-state index in [0.717, 1.165) is 0 Å². The smallest absolute Gasteiger partial charge is 0.335 e. The van der Waals surface area contributed by atoms with Crippen LogP contribution in [0.5, 0.6) is 5.75 Å². The van der Waals surface area contributed by atoms with Crippen molar-refractivity contribution in [2.75, 3.05) is 7.05 Å². The van der Waals surface area contributed by atoms with E-state index in [1.165, 1.54) is 30.2 Å². The normalized spacial score (nSPS) is 15.5. The molecule has 28 heavy (non-hydrogen) atoms. The van der Waals surface area contributed by atoms with E-state index in [1.54, 1.807) is 36.4 Å². The molecule has 3 rings (SSSR count). The standard InChI is InChI=1S/C20H16N2O5S/c1-22-18(24)15(17(23)21-20(22)28)10-13-6-2-3-8-16(13)27-11-12-5-4-7-14(9-12)19(25)26/h2-10H,11H2,1H3,(H,25,26)(H,21,23,28)/b15-10+. The van der Waals surface area contributed by atoms with Crippen molar-refractivity contribution in [3.05, 3.63) is 70.8 Å². The van der Waals surface area contributed by atoms with Gasteiger partial charge in [0, 0.05) is 12.6 Å². The zero-order chi connectivity index (χ0) is 20.3. The number of carbonyl (C=O) groups excluding carboxylic acids is 2. The Morgan fingerprint density at radius 1 is 1.21 bits per heavy atom. The predicted octanol–water partition coefficient (Wildman–Crippen LogP) is 2.22. The number of thiocarbonyl (C=S) groups is 1. The van der Waals surface area contributed by atoms with Crippen LogP contribution >= 0.6 is 12.2 Å². The SMILES string of the molecule is CN1C(=O)/C(=C/c2ccccc2OCc2cccc(C(=O)O)c2)C(=O)NC1=S.